The van der Waals surface area contributed by atoms with E-state index in [4.69, 9.17) is 14.5 Å². The van der Waals surface area contributed by atoms with Crippen molar-refractivity contribution in [3.63, 3.8) is 0 Å². The molecule has 4 rings (SSSR count). The number of morpholine rings is 1. The van der Waals surface area contributed by atoms with Gasteiger partial charge in [0.25, 0.3) is 5.91 Å². The van der Waals surface area contributed by atoms with E-state index >= 15 is 0 Å². The maximum Gasteiger partial charge on any atom is 0.257 e. The maximum atomic E-state index is 14.3. The first kappa shape index (κ1) is 28.8. The van der Waals surface area contributed by atoms with E-state index in [2.05, 4.69) is 44.4 Å². The Kier molecular flexibility index (Phi) is 9.65. The highest BCUT2D eigenvalue weighted by Crippen LogP contribution is 2.39. The van der Waals surface area contributed by atoms with Gasteiger partial charge in [0.05, 0.1) is 30.4 Å². The fourth-order valence-electron chi connectivity index (χ4n) is 5.95. The van der Waals surface area contributed by atoms with Gasteiger partial charge < -0.3 is 29.9 Å². The van der Waals surface area contributed by atoms with Gasteiger partial charge in [0.1, 0.15) is 5.82 Å². The van der Waals surface area contributed by atoms with Crippen molar-refractivity contribution < 1.29 is 19.1 Å². The molecule has 0 radical (unpaired) electrons. The molecule has 1 aliphatic carbocycles. The number of aromatic nitrogens is 1. The normalized spacial score (nSPS) is 22.8. The van der Waals surface area contributed by atoms with Crippen molar-refractivity contribution in [3.05, 3.63) is 22.9 Å². The second-order valence-electron chi connectivity index (χ2n) is 12.1. The zero-order valence-corrected chi connectivity index (χ0v) is 24.0. The quantitative estimate of drug-likeness (QED) is 0.450. The fourth-order valence-corrected chi connectivity index (χ4v) is 5.95. The van der Waals surface area contributed by atoms with Gasteiger partial charge in [0.2, 0.25) is 5.91 Å². The Morgan fingerprint density at radius 1 is 1.29 bits per heavy atom. The molecule has 0 saturated carbocycles. The second kappa shape index (κ2) is 12.7. The molecule has 3 aliphatic rings. The lowest BCUT2D eigenvalue weighted by atomic mass is 9.90. The number of nitrogens with one attached hydrogen (secondary N) is 2. The molecule has 2 aliphatic heterocycles. The van der Waals surface area contributed by atoms with E-state index in [0.29, 0.717) is 82.8 Å². The van der Waals surface area contributed by atoms with Crippen LogP contribution < -0.4 is 10.6 Å². The number of pyridine rings is 1. The number of methoxy groups -OCH3 is 1. The minimum Gasteiger partial charge on any atom is -0.385 e. The monoisotopic (exact) mass is 529 g/mol. The van der Waals surface area contributed by atoms with E-state index in [1.165, 1.54) is 5.56 Å². The summed E-state index contributed by atoms with van der Waals surface area (Å²) in [7, 11) is 1.70. The van der Waals surface area contributed by atoms with Crippen molar-refractivity contribution in [1.82, 2.24) is 20.1 Å². The minimum atomic E-state index is -0.139. The summed E-state index contributed by atoms with van der Waals surface area (Å²) in [4.78, 5) is 36.6. The Labute approximate surface area is 228 Å². The molecule has 0 bridgehead atoms. The van der Waals surface area contributed by atoms with Crippen molar-refractivity contribution in [2.45, 2.75) is 64.8 Å². The van der Waals surface area contributed by atoms with Crippen LogP contribution in [0.25, 0.3) is 0 Å². The third-order valence-corrected chi connectivity index (χ3v) is 8.07. The van der Waals surface area contributed by atoms with Gasteiger partial charge in [-0.05, 0) is 43.2 Å². The van der Waals surface area contributed by atoms with Gasteiger partial charge in [0, 0.05) is 64.4 Å². The summed E-state index contributed by atoms with van der Waals surface area (Å²) in [6, 6.07) is 2.03. The van der Waals surface area contributed by atoms with Crippen LogP contribution in [0.4, 0.5) is 5.82 Å². The SMILES string of the molecule is COCCCNc1nc2c(cc1C(=O)N(CC(C)C)[C@@H]1CNC[C@H](C(=O)N3CCOCC3)C1)CCC2(C)C. The molecule has 2 saturated heterocycles. The predicted octanol–water partition coefficient (Wildman–Crippen LogP) is 2.69. The Morgan fingerprint density at radius 2 is 2.05 bits per heavy atom. The standard InChI is InChI=1S/C29H47N5O4/c1-20(2)19-34(23-15-22(17-30-18-23)27(35)33-10-13-38-14-11-33)28(36)24-16-21-7-8-29(3,4)25(21)32-26(24)31-9-6-12-37-5/h16,20,22-23,30H,6-15,17-19H2,1-5H3,(H,31,32)/t22-,23+/m1/s1. The third kappa shape index (κ3) is 6.66. The van der Waals surface area contributed by atoms with Gasteiger partial charge in [-0.1, -0.05) is 27.7 Å². The van der Waals surface area contributed by atoms with Crippen molar-refractivity contribution in [1.29, 1.82) is 0 Å². The van der Waals surface area contributed by atoms with E-state index in [1.54, 1.807) is 7.11 Å². The number of aryl methyl sites for hydroxylation is 1. The van der Waals surface area contributed by atoms with Crippen LogP contribution in [0.5, 0.6) is 0 Å². The summed E-state index contributed by atoms with van der Waals surface area (Å²) in [5.74, 6) is 0.996. The van der Waals surface area contributed by atoms with Crippen molar-refractivity contribution in [3.8, 4) is 0 Å². The highest BCUT2D eigenvalue weighted by atomic mass is 16.5. The van der Waals surface area contributed by atoms with Gasteiger partial charge >= 0.3 is 0 Å². The van der Waals surface area contributed by atoms with E-state index in [-0.39, 0.29) is 29.2 Å². The Hall–Kier alpha value is -2.23. The minimum absolute atomic E-state index is 0.000723. The maximum absolute atomic E-state index is 14.3. The summed E-state index contributed by atoms with van der Waals surface area (Å²) < 4.78 is 10.7. The number of amides is 2. The van der Waals surface area contributed by atoms with E-state index in [0.717, 1.165) is 25.0 Å². The average Bonchev–Trinajstić information content (AvgIpc) is 3.22. The third-order valence-electron chi connectivity index (χ3n) is 8.07. The molecule has 2 atom stereocenters. The second-order valence-corrected chi connectivity index (χ2v) is 12.1. The average molecular weight is 530 g/mol. The molecule has 3 heterocycles. The zero-order valence-electron chi connectivity index (χ0n) is 24.0. The van der Waals surface area contributed by atoms with Gasteiger partial charge in [-0.15, -0.1) is 0 Å². The Morgan fingerprint density at radius 3 is 2.76 bits per heavy atom. The summed E-state index contributed by atoms with van der Waals surface area (Å²) in [5, 5.41) is 6.91. The van der Waals surface area contributed by atoms with Crippen LogP contribution in [0.1, 0.15) is 68.6 Å². The first-order chi connectivity index (χ1) is 18.2. The number of carbonyl (C=O) groups is 2. The van der Waals surface area contributed by atoms with Crippen LogP contribution in [-0.2, 0) is 26.1 Å². The fraction of sp³-hybridized carbons (Fsp3) is 0.759. The lowest BCUT2D eigenvalue weighted by Gasteiger charge is -2.40. The molecule has 1 aromatic rings. The molecule has 0 unspecified atom stereocenters. The number of piperidine rings is 1. The number of ether oxygens (including phenoxy) is 2. The molecule has 9 heteroatoms. The van der Waals surface area contributed by atoms with Gasteiger partial charge in [-0.3, -0.25) is 9.59 Å². The number of carbonyl (C=O) groups excluding carboxylic acids is 2. The highest BCUT2D eigenvalue weighted by Gasteiger charge is 2.38. The summed E-state index contributed by atoms with van der Waals surface area (Å²) in [6.07, 6.45) is 3.47. The molecular weight excluding hydrogens is 482 g/mol. The number of hydrogen-bond donors (Lipinski definition) is 2. The topological polar surface area (TPSA) is 96.0 Å². The summed E-state index contributed by atoms with van der Waals surface area (Å²) in [5.41, 5.74) is 2.90. The molecule has 212 valence electrons. The first-order valence-corrected chi connectivity index (χ1v) is 14.4. The summed E-state index contributed by atoms with van der Waals surface area (Å²) >= 11 is 0. The van der Waals surface area contributed by atoms with Crippen molar-refractivity contribution >= 4 is 17.6 Å². The number of anilines is 1. The molecule has 1 aromatic heterocycles. The molecule has 2 N–H and O–H groups in total. The first-order valence-electron chi connectivity index (χ1n) is 14.4. The predicted molar refractivity (Wildman–Crippen MR) is 149 cm³/mol. The lowest BCUT2D eigenvalue weighted by Crippen LogP contribution is -2.56. The highest BCUT2D eigenvalue weighted by molar-refractivity contribution is 5.99. The lowest BCUT2D eigenvalue weighted by molar-refractivity contribution is -0.140. The molecule has 9 nitrogen and oxygen atoms in total. The van der Waals surface area contributed by atoms with Crippen LogP contribution in [0.3, 0.4) is 0 Å². The van der Waals surface area contributed by atoms with Crippen LogP contribution in [0, 0.1) is 11.8 Å². The molecule has 2 fully saturated rings. The van der Waals surface area contributed by atoms with Crippen LogP contribution in [0.2, 0.25) is 0 Å². The smallest absolute Gasteiger partial charge is 0.257 e. The number of fused-ring (bicyclic) bond motifs is 1. The number of nitrogens with zero attached hydrogens (tertiary/aromatic N) is 3. The van der Waals surface area contributed by atoms with Crippen LogP contribution >= 0.6 is 0 Å². The molecule has 2 amide bonds. The van der Waals surface area contributed by atoms with Crippen molar-refractivity contribution in [2.75, 3.05) is 71.5 Å². The largest absolute Gasteiger partial charge is 0.385 e. The number of hydrogen-bond acceptors (Lipinski definition) is 7. The molecule has 0 aromatic carbocycles. The Bertz CT molecular complexity index is 976. The van der Waals surface area contributed by atoms with Crippen LogP contribution in [0.15, 0.2) is 6.07 Å². The van der Waals surface area contributed by atoms with Gasteiger partial charge in [0.15, 0.2) is 0 Å². The Balaban J connectivity index is 1.59. The zero-order chi connectivity index (χ0) is 27.3. The van der Waals surface area contributed by atoms with Gasteiger partial charge in [-0.2, -0.15) is 0 Å². The van der Waals surface area contributed by atoms with E-state index < -0.39 is 0 Å². The van der Waals surface area contributed by atoms with Crippen molar-refractivity contribution in [2.24, 2.45) is 11.8 Å². The molecule has 38 heavy (non-hydrogen) atoms. The van der Waals surface area contributed by atoms with Gasteiger partial charge in [-0.25, -0.2) is 4.98 Å². The van der Waals surface area contributed by atoms with Crippen LogP contribution in [-0.4, -0.2) is 98.8 Å². The van der Waals surface area contributed by atoms with E-state index in [1.807, 2.05) is 9.80 Å². The summed E-state index contributed by atoms with van der Waals surface area (Å²) in [6.45, 7) is 14.5. The molecular formula is C29H47N5O4. The van der Waals surface area contributed by atoms with E-state index in [9.17, 15) is 9.59 Å². The number of rotatable bonds is 10. The molecule has 0 spiro atoms.